The maximum absolute atomic E-state index is 13.0. The van der Waals surface area contributed by atoms with Crippen LogP contribution in [-0.2, 0) is 15.1 Å². The summed E-state index contributed by atoms with van der Waals surface area (Å²) in [6.07, 6.45) is 0. The van der Waals surface area contributed by atoms with Gasteiger partial charge in [0.25, 0.3) is 0 Å². The number of hydrogen-bond donors (Lipinski definition) is 0. The zero-order valence-corrected chi connectivity index (χ0v) is 14.8. The maximum atomic E-state index is 13.0. The first-order valence-corrected chi connectivity index (χ1v) is 9.30. The van der Waals surface area contributed by atoms with Gasteiger partial charge in [-0.3, -0.25) is 0 Å². The Balaban J connectivity index is 1.80. The molecule has 1 unspecified atom stereocenters. The second kappa shape index (κ2) is 5.34. The summed E-state index contributed by atoms with van der Waals surface area (Å²) >= 11 is 0.186. The average Bonchev–Trinajstić information content (AvgIpc) is 3.02. The van der Waals surface area contributed by atoms with E-state index in [1.54, 1.807) is 4.90 Å². The van der Waals surface area contributed by atoms with Crippen LogP contribution < -0.4 is 9.36 Å². The Kier molecular flexibility index (Phi) is 3.42. The Hall–Kier alpha value is -1.87. The Bertz CT molecular complexity index is 815. The van der Waals surface area contributed by atoms with E-state index in [-0.39, 0.29) is 20.9 Å². The normalized spacial score (nSPS) is 23.0. The Morgan fingerprint density at radius 1 is 1.09 bits per heavy atom. The summed E-state index contributed by atoms with van der Waals surface area (Å²) in [6, 6.07) is 18.4. The predicted molar refractivity (Wildman–Crippen MR) is 92.0 cm³/mol. The molecule has 0 aromatic heterocycles. The third-order valence-electron chi connectivity index (χ3n) is 4.60. The molecule has 23 heavy (non-hydrogen) atoms. The number of likely N-dealkylation sites (N-methyl/N-ethyl adjacent to an activating group) is 1. The minimum absolute atomic E-state index is 0.0232. The zero-order chi connectivity index (χ0) is 16.0. The first-order valence-electron chi connectivity index (χ1n) is 7.59. The third-order valence-corrected chi connectivity index (χ3v) is 7.07. The van der Waals surface area contributed by atoms with Crippen LogP contribution in [0.4, 0.5) is 5.69 Å². The van der Waals surface area contributed by atoms with E-state index in [1.165, 1.54) is 8.93 Å². The van der Waals surface area contributed by atoms with Crippen LogP contribution in [0.5, 0.6) is 0 Å². The number of carbonyl (C=O) groups excluding carboxylic acids is 1. The fourth-order valence-electron chi connectivity index (χ4n) is 3.35. The molecule has 3 nitrogen and oxygen atoms in total. The van der Waals surface area contributed by atoms with Crippen LogP contribution in [0.25, 0.3) is 0 Å². The molecule has 0 bridgehead atoms. The third kappa shape index (κ3) is 2.03. The molecular formula is C19H17NO2Se. The molecule has 4 rings (SSSR count). The average molecular weight is 370 g/mol. The summed E-state index contributed by atoms with van der Waals surface area (Å²) in [5, 5.41) is 0. The van der Waals surface area contributed by atoms with Crippen molar-refractivity contribution in [1.82, 2.24) is 0 Å². The number of benzene rings is 2. The first-order chi connectivity index (χ1) is 11.1. The van der Waals surface area contributed by atoms with Gasteiger partial charge < -0.3 is 0 Å². The van der Waals surface area contributed by atoms with E-state index >= 15 is 0 Å². The molecule has 0 fully saturated rings. The first kappa shape index (κ1) is 14.7. The Labute approximate surface area is 142 Å². The molecule has 2 aromatic rings. The number of anilines is 1. The van der Waals surface area contributed by atoms with Crippen LogP contribution in [0, 0.1) is 0 Å². The van der Waals surface area contributed by atoms with Gasteiger partial charge >= 0.3 is 142 Å². The summed E-state index contributed by atoms with van der Waals surface area (Å²) < 4.78 is 8.73. The number of ether oxygens (including phenoxy) is 1. The van der Waals surface area contributed by atoms with Crippen LogP contribution in [0.1, 0.15) is 12.5 Å². The van der Waals surface area contributed by atoms with Gasteiger partial charge in [0.2, 0.25) is 0 Å². The number of rotatable bonds is 2. The number of nitrogens with zero attached hydrogens (tertiary/aromatic N) is 1. The number of amides is 1. The SMILES string of the molecule is CC1=C([Se]c2ccccc2)COC12C(=O)N(C)c1ccccc12. The van der Waals surface area contributed by atoms with Crippen molar-refractivity contribution in [3.63, 3.8) is 0 Å². The van der Waals surface area contributed by atoms with Crippen LogP contribution in [0.15, 0.2) is 64.6 Å². The Morgan fingerprint density at radius 3 is 2.57 bits per heavy atom. The van der Waals surface area contributed by atoms with Gasteiger partial charge in [0.05, 0.1) is 0 Å². The van der Waals surface area contributed by atoms with E-state index < -0.39 is 5.60 Å². The van der Waals surface area contributed by atoms with Gasteiger partial charge in [0, 0.05) is 0 Å². The number of para-hydroxylation sites is 1. The van der Waals surface area contributed by atoms with E-state index in [9.17, 15) is 4.79 Å². The summed E-state index contributed by atoms with van der Waals surface area (Å²) in [6.45, 7) is 2.59. The molecule has 1 atom stereocenters. The molecule has 0 saturated heterocycles. The molecule has 116 valence electrons. The van der Waals surface area contributed by atoms with Crippen LogP contribution >= 0.6 is 0 Å². The fourth-order valence-corrected chi connectivity index (χ4v) is 5.43. The van der Waals surface area contributed by atoms with Crippen molar-refractivity contribution in [1.29, 1.82) is 0 Å². The van der Waals surface area contributed by atoms with Crippen LogP contribution in [0.2, 0.25) is 0 Å². The summed E-state index contributed by atoms with van der Waals surface area (Å²) in [7, 11) is 1.83. The summed E-state index contributed by atoms with van der Waals surface area (Å²) in [4.78, 5) is 14.7. The number of hydrogen-bond acceptors (Lipinski definition) is 2. The molecule has 1 amide bonds. The monoisotopic (exact) mass is 371 g/mol. The summed E-state index contributed by atoms with van der Waals surface area (Å²) in [5.41, 5.74) is 2.09. The van der Waals surface area contributed by atoms with Gasteiger partial charge in [-0.05, 0) is 0 Å². The van der Waals surface area contributed by atoms with Gasteiger partial charge in [-0.15, -0.1) is 0 Å². The second-order valence-electron chi connectivity index (χ2n) is 5.81. The van der Waals surface area contributed by atoms with Crippen LogP contribution in [0.3, 0.4) is 0 Å². The van der Waals surface area contributed by atoms with E-state index in [0.29, 0.717) is 6.61 Å². The predicted octanol–water partition coefficient (Wildman–Crippen LogP) is 2.19. The molecule has 2 aliphatic heterocycles. The van der Waals surface area contributed by atoms with Crippen molar-refractivity contribution < 1.29 is 9.53 Å². The van der Waals surface area contributed by atoms with Crippen molar-refractivity contribution in [2.45, 2.75) is 12.5 Å². The molecule has 0 saturated carbocycles. The fraction of sp³-hybridized carbons (Fsp3) is 0.211. The van der Waals surface area contributed by atoms with Crippen molar-refractivity contribution in [3.05, 3.63) is 70.2 Å². The van der Waals surface area contributed by atoms with Crippen molar-refractivity contribution in [2.24, 2.45) is 0 Å². The van der Waals surface area contributed by atoms with Crippen molar-refractivity contribution in [2.75, 3.05) is 18.6 Å². The molecule has 0 radical (unpaired) electrons. The quantitative estimate of drug-likeness (QED) is 0.759. The zero-order valence-electron chi connectivity index (χ0n) is 13.1. The molecule has 2 aliphatic rings. The molecule has 4 heteroatoms. The van der Waals surface area contributed by atoms with Gasteiger partial charge in [-0.25, -0.2) is 0 Å². The van der Waals surface area contributed by atoms with E-state index in [1.807, 2.05) is 37.4 Å². The molecule has 2 heterocycles. The molecular weight excluding hydrogens is 353 g/mol. The number of fused-ring (bicyclic) bond motifs is 2. The molecule has 0 N–H and O–H groups in total. The van der Waals surface area contributed by atoms with Crippen molar-refractivity contribution >= 4 is 31.0 Å². The molecule has 0 aliphatic carbocycles. The van der Waals surface area contributed by atoms with Gasteiger partial charge in [-0.1, -0.05) is 0 Å². The van der Waals surface area contributed by atoms with Gasteiger partial charge in [0.1, 0.15) is 0 Å². The van der Waals surface area contributed by atoms with Crippen LogP contribution in [-0.4, -0.2) is 34.5 Å². The van der Waals surface area contributed by atoms with Crippen molar-refractivity contribution in [3.8, 4) is 0 Å². The number of carbonyl (C=O) groups is 1. The summed E-state index contributed by atoms with van der Waals surface area (Å²) in [5.74, 6) is 0.0232. The minimum atomic E-state index is -0.906. The second-order valence-corrected chi connectivity index (χ2v) is 8.27. The topological polar surface area (TPSA) is 29.5 Å². The van der Waals surface area contributed by atoms with Gasteiger partial charge in [-0.2, -0.15) is 0 Å². The van der Waals surface area contributed by atoms with E-state index in [2.05, 4.69) is 31.2 Å². The van der Waals surface area contributed by atoms with E-state index in [4.69, 9.17) is 4.74 Å². The van der Waals surface area contributed by atoms with Gasteiger partial charge in [0.15, 0.2) is 0 Å². The molecule has 1 spiro atoms. The standard InChI is InChI=1S/C19H17NO2Se/c1-13-17(23-14-8-4-3-5-9-14)12-22-19(13)15-10-6-7-11-16(15)20(2)18(19)21/h3-11H,12H2,1-2H3. The Morgan fingerprint density at radius 2 is 1.78 bits per heavy atom. The molecule has 2 aromatic carbocycles. The van der Waals surface area contributed by atoms with E-state index in [0.717, 1.165) is 16.8 Å².